The summed E-state index contributed by atoms with van der Waals surface area (Å²) in [6, 6.07) is 0. The lowest BCUT2D eigenvalue weighted by atomic mass is 9.44. The summed E-state index contributed by atoms with van der Waals surface area (Å²) in [6.45, 7) is 9.58. The summed E-state index contributed by atoms with van der Waals surface area (Å²) in [5, 5.41) is 12.0. The van der Waals surface area contributed by atoms with Crippen LogP contribution in [-0.4, -0.2) is 16.5 Å². The first-order chi connectivity index (χ1) is 11.8. The highest BCUT2D eigenvalue weighted by Gasteiger charge is 2.65. The molecule has 0 amide bonds. The van der Waals surface area contributed by atoms with Crippen molar-refractivity contribution in [3.05, 3.63) is 11.6 Å². The second-order valence-corrected chi connectivity index (χ2v) is 10.2. The van der Waals surface area contributed by atoms with Crippen LogP contribution in [0.5, 0.6) is 0 Å². The summed E-state index contributed by atoms with van der Waals surface area (Å²) in [7, 11) is 0. The Kier molecular flexibility index (Phi) is 4.04. The van der Waals surface area contributed by atoms with Gasteiger partial charge in [0, 0.05) is 11.8 Å². The topological polar surface area (TPSA) is 37.3 Å². The average Bonchev–Trinajstić information content (AvgIpc) is 2.93. The molecule has 0 radical (unpaired) electrons. The molecule has 140 valence electrons. The molecule has 0 aliphatic heterocycles. The highest BCUT2D eigenvalue weighted by Crippen LogP contribution is 2.69. The Morgan fingerprint density at radius 2 is 1.88 bits per heavy atom. The number of carbonyl (C=O) groups excluding carboxylic acids is 1. The molecule has 1 N–H and O–H groups in total. The van der Waals surface area contributed by atoms with Crippen LogP contribution in [0.1, 0.15) is 85.5 Å². The van der Waals surface area contributed by atoms with Crippen molar-refractivity contribution >= 4 is 5.78 Å². The quantitative estimate of drug-likeness (QED) is 0.738. The van der Waals surface area contributed by atoms with Gasteiger partial charge < -0.3 is 5.11 Å². The van der Waals surface area contributed by atoms with E-state index in [0.717, 1.165) is 43.9 Å². The molecule has 0 spiro atoms. The Bertz CT molecular complexity index is 607. The van der Waals surface area contributed by atoms with Crippen LogP contribution >= 0.6 is 0 Å². The van der Waals surface area contributed by atoms with Crippen molar-refractivity contribution in [1.82, 2.24) is 0 Å². The van der Waals surface area contributed by atoms with Crippen molar-refractivity contribution in [3.8, 4) is 0 Å². The summed E-state index contributed by atoms with van der Waals surface area (Å²) >= 11 is 0. The Hall–Kier alpha value is -0.630. The molecule has 0 bridgehead atoms. The van der Waals surface area contributed by atoms with Crippen LogP contribution in [0, 0.1) is 34.5 Å². The van der Waals surface area contributed by atoms with Gasteiger partial charge in [-0.25, -0.2) is 0 Å². The number of hydrogen-bond acceptors (Lipinski definition) is 2. The fraction of sp³-hybridized carbons (Fsp3) is 0.870. The molecule has 4 aliphatic rings. The van der Waals surface area contributed by atoms with Crippen molar-refractivity contribution in [2.24, 2.45) is 34.5 Å². The number of rotatable bonds is 2. The van der Waals surface area contributed by atoms with Gasteiger partial charge in [0.2, 0.25) is 0 Å². The van der Waals surface area contributed by atoms with Gasteiger partial charge in [-0.05, 0) is 80.1 Å². The highest BCUT2D eigenvalue weighted by molar-refractivity contribution is 5.91. The minimum Gasteiger partial charge on any atom is -0.389 e. The van der Waals surface area contributed by atoms with Gasteiger partial charge in [0.05, 0.1) is 5.60 Å². The van der Waals surface area contributed by atoms with E-state index in [2.05, 4.69) is 27.7 Å². The predicted molar refractivity (Wildman–Crippen MR) is 101 cm³/mol. The van der Waals surface area contributed by atoms with Gasteiger partial charge in [0.25, 0.3) is 0 Å². The zero-order chi connectivity index (χ0) is 18.0. The monoisotopic (exact) mass is 344 g/mol. The number of ketones is 1. The lowest BCUT2D eigenvalue weighted by Crippen LogP contribution is -2.63. The molecule has 4 aliphatic carbocycles. The second-order valence-electron chi connectivity index (χ2n) is 10.2. The maximum atomic E-state index is 12.0. The third-order valence-electron chi connectivity index (χ3n) is 9.55. The Morgan fingerprint density at radius 1 is 1.12 bits per heavy atom. The van der Waals surface area contributed by atoms with E-state index in [1.54, 1.807) is 0 Å². The van der Waals surface area contributed by atoms with Crippen molar-refractivity contribution in [3.63, 3.8) is 0 Å². The third-order valence-corrected chi connectivity index (χ3v) is 9.55. The summed E-state index contributed by atoms with van der Waals surface area (Å²) in [4.78, 5) is 12.0. The molecule has 25 heavy (non-hydrogen) atoms. The normalized spacial score (nSPS) is 50.5. The standard InChI is InChI=1S/C23H36O2/c1-5-15(2)18-8-9-19-20-7-6-16-14-17(24)10-11-22(16,4)23(20,25)13-12-21(18,19)3/h14-15,18-20,25H,5-13H2,1-4H3/t15-,18-,19?,20?,21-,22+,23-/m1/s1. The molecule has 3 fully saturated rings. The lowest BCUT2D eigenvalue weighted by molar-refractivity contribution is -0.193. The molecule has 2 unspecified atom stereocenters. The van der Waals surface area contributed by atoms with Gasteiger partial charge in [-0.3, -0.25) is 4.79 Å². The van der Waals surface area contributed by atoms with Gasteiger partial charge in [0.1, 0.15) is 0 Å². The predicted octanol–water partition coefficient (Wildman–Crippen LogP) is 5.30. The fourth-order valence-electron chi connectivity index (χ4n) is 7.76. The zero-order valence-electron chi connectivity index (χ0n) is 16.6. The van der Waals surface area contributed by atoms with Crippen LogP contribution in [0.25, 0.3) is 0 Å². The first-order valence-corrected chi connectivity index (χ1v) is 10.7. The Morgan fingerprint density at radius 3 is 2.60 bits per heavy atom. The minimum atomic E-state index is -0.591. The van der Waals surface area contributed by atoms with E-state index in [1.165, 1.54) is 24.8 Å². The van der Waals surface area contributed by atoms with Gasteiger partial charge in [-0.2, -0.15) is 0 Å². The Labute approximate surface area is 153 Å². The maximum absolute atomic E-state index is 12.0. The van der Waals surface area contributed by atoms with Gasteiger partial charge in [-0.1, -0.05) is 39.7 Å². The van der Waals surface area contributed by atoms with Gasteiger partial charge in [-0.15, -0.1) is 0 Å². The Balaban J connectivity index is 1.70. The first kappa shape index (κ1) is 17.8. The molecular formula is C23H36O2. The number of aliphatic hydroxyl groups is 1. The van der Waals surface area contributed by atoms with Gasteiger partial charge >= 0.3 is 0 Å². The fourth-order valence-corrected chi connectivity index (χ4v) is 7.76. The molecule has 2 nitrogen and oxygen atoms in total. The number of fused-ring (bicyclic) bond motifs is 5. The molecule has 3 saturated carbocycles. The van der Waals surface area contributed by atoms with E-state index >= 15 is 0 Å². The van der Waals surface area contributed by atoms with Crippen molar-refractivity contribution < 1.29 is 9.90 Å². The van der Waals surface area contributed by atoms with Crippen LogP contribution in [0.4, 0.5) is 0 Å². The van der Waals surface area contributed by atoms with Crippen molar-refractivity contribution in [2.45, 2.75) is 91.1 Å². The zero-order valence-corrected chi connectivity index (χ0v) is 16.6. The molecule has 7 atom stereocenters. The van der Waals surface area contributed by atoms with Crippen molar-refractivity contribution in [2.75, 3.05) is 0 Å². The van der Waals surface area contributed by atoms with Crippen molar-refractivity contribution in [1.29, 1.82) is 0 Å². The summed E-state index contributed by atoms with van der Waals surface area (Å²) in [5.74, 6) is 2.98. The number of hydrogen-bond donors (Lipinski definition) is 1. The van der Waals surface area contributed by atoms with Crippen LogP contribution in [0.2, 0.25) is 0 Å². The smallest absolute Gasteiger partial charge is 0.155 e. The summed E-state index contributed by atoms with van der Waals surface area (Å²) in [5.41, 5.74) is 0.905. The van der Waals surface area contributed by atoms with Crippen LogP contribution < -0.4 is 0 Å². The van der Waals surface area contributed by atoms with Crippen LogP contribution in [-0.2, 0) is 4.79 Å². The van der Waals surface area contributed by atoms with E-state index in [0.29, 0.717) is 23.7 Å². The minimum absolute atomic E-state index is 0.167. The van der Waals surface area contributed by atoms with Gasteiger partial charge in [0.15, 0.2) is 5.78 Å². The molecule has 0 aromatic carbocycles. The number of carbonyl (C=O) groups is 1. The van der Waals surface area contributed by atoms with E-state index in [9.17, 15) is 9.90 Å². The third kappa shape index (κ3) is 2.22. The maximum Gasteiger partial charge on any atom is 0.155 e. The lowest BCUT2D eigenvalue weighted by Gasteiger charge is -2.63. The molecule has 0 aromatic heterocycles. The van der Waals surface area contributed by atoms with E-state index < -0.39 is 5.60 Å². The largest absolute Gasteiger partial charge is 0.389 e. The second kappa shape index (κ2) is 5.68. The van der Waals surface area contributed by atoms with E-state index in [-0.39, 0.29) is 11.2 Å². The SMILES string of the molecule is CC[C@@H](C)[C@H]1CCC2C3CCC4=CC(=O)CC[C@]4(C)[C@@]3(O)CC[C@@]21C. The molecule has 0 aromatic rings. The van der Waals surface area contributed by atoms with Crippen LogP contribution in [0.3, 0.4) is 0 Å². The average molecular weight is 345 g/mol. The highest BCUT2D eigenvalue weighted by atomic mass is 16.3. The molecule has 0 saturated heterocycles. The molecular weight excluding hydrogens is 308 g/mol. The van der Waals surface area contributed by atoms with E-state index in [4.69, 9.17) is 0 Å². The molecule has 2 heteroatoms. The summed E-state index contributed by atoms with van der Waals surface area (Å²) < 4.78 is 0. The molecule has 0 heterocycles. The first-order valence-electron chi connectivity index (χ1n) is 10.7. The van der Waals surface area contributed by atoms with Crippen LogP contribution in [0.15, 0.2) is 11.6 Å². The van der Waals surface area contributed by atoms with E-state index in [1.807, 2.05) is 6.08 Å². The molecule has 4 rings (SSSR count). The summed E-state index contributed by atoms with van der Waals surface area (Å²) in [6.07, 6.45) is 11.5.